The Kier molecular flexibility index (Phi) is 4.75. The molecule has 0 saturated heterocycles. The molecule has 1 heterocycles. The SMILES string of the molecule is COc1ccc(NC(=O)Cn2cc([N+](=O)[O-])cc(C)c2=O)cc1. The first-order valence-electron chi connectivity index (χ1n) is 6.70. The van der Waals surface area contributed by atoms with E-state index in [1.165, 1.54) is 20.1 Å². The lowest BCUT2D eigenvalue weighted by Crippen LogP contribution is -2.28. The van der Waals surface area contributed by atoms with E-state index in [1.54, 1.807) is 24.3 Å². The zero-order valence-electron chi connectivity index (χ0n) is 12.6. The summed E-state index contributed by atoms with van der Waals surface area (Å²) in [7, 11) is 1.53. The number of nitrogens with one attached hydrogen (secondary N) is 1. The Labute approximate surface area is 131 Å². The molecular weight excluding hydrogens is 302 g/mol. The highest BCUT2D eigenvalue weighted by molar-refractivity contribution is 5.90. The van der Waals surface area contributed by atoms with Gasteiger partial charge in [-0.25, -0.2) is 0 Å². The molecule has 0 fully saturated rings. The lowest BCUT2D eigenvalue weighted by molar-refractivity contribution is -0.385. The van der Waals surface area contributed by atoms with Gasteiger partial charge in [0.05, 0.1) is 18.2 Å². The lowest BCUT2D eigenvalue weighted by atomic mass is 10.2. The fourth-order valence-electron chi connectivity index (χ4n) is 2.01. The summed E-state index contributed by atoms with van der Waals surface area (Å²) < 4.78 is 6.03. The van der Waals surface area contributed by atoms with E-state index >= 15 is 0 Å². The van der Waals surface area contributed by atoms with Crippen LogP contribution in [0.5, 0.6) is 5.75 Å². The second-order valence-corrected chi connectivity index (χ2v) is 4.85. The maximum atomic E-state index is 12.0. The van der Waals surface area contributed by atoms with Crippen molar-refractivity contribution in [2.75, 3.05) is 12.4 Å². The summed E-state index contributed by atoms with van der Waals surface area (Å²) in [6.45, 7) is 1.15. The summed E-state index contributed by atoms with van der Waals surface area (Å²) in [5.74, 6) is 0.186. The molecule has 0 aliphatic rings. The molecule has 23 heavy (non-hydrogen) atoms. The van der Waals surface area contributed by atoms with Crippen molar-refractivity contribution < 1.29 is 14.5 Å². The average Bonchev–Trinajstić information content (AvgIpc) is 2.52. The fourth-order valence-corrected chi connectivity index (χ4v) is 2.01. The Bertz CT molecular complexity index is 796. The number of carbonyl (C=O) groups excluding carboxylic acids is 1. The van der Waals surface area contributed by atoms with Gasteiger partial charge < -0.3 is 10.1 Å². The Morgan fingerprint density at radius 1 is 1.35 bits per heavy atom. The van der Waals surface area contributed by atoms with Crippen LogP contribution in [0.4, 0.5) is 11.4 Å². The van der Waals surface area contributed by atoms with Gasteiger partial charge in [0.15, 0.2) is 0 Å². The van der Waals surface area contributed by atoms with E-state index in [0.717, 1.165) is 10.8 Å². The van der Waals surface area contributed by atoms with Crippen LogP contribution in [-0.4, -0.2) is 22.5 Å². The molecule has 1 aromatic carbocycles. The van der Waals surface area contributed by atoms with Gasteiger partial charge in [-0.15, -0.1) is 0 Å². The van der Waals surface area contributed by atoms with Gasteiger partial charge in [0.1, 0.15) is 12.3 Å². The summed E-state index contributed by atoms with van der Waals surface area (Å²) >= 11 is 0. The van der Waals surface area contributed by atoms with Crippen molar-refractivity contribution >= 4 is 17.3 Å². The zero-order chi connectivity index (χ0) is 17.0. The number of hydrogen-bond donors (Lipinski definition) is 1. The van der Waals surface area contributed by atoms with Crippen LogP contribution in [0.25, 0.3) is 0 Å². The lowest BCUT2D eigenvalue weighted by Gasteiger charge is -2.09. The smallest absolute Gasteiger partial charge is 0.286 e. The molecule has 0 unspecified atom stereocenters. The number of anilines is 1. The van der Waals surface area contributed by atoms with Crippen molar-refractivity contribution in [3.63, 3.8) is 0 Å². The molecule has 2 aromatic rings. The number of methoxy groups -OCH3 is 1. The topological polar surface area (TPSA) is 103 Å². The zero-order valence-corrected chi connectivity index (χ0v) is 12.6. The third-order valence-corrected chi connectivity index (χ3v) is 3.15. The van der Waals surface area contributed by atoms with Crippen LogP contribution >= 0.6 is 0 Å². The van der Waals surface area contributed by atoms with Gasteiger partial charge in [0.25, 0.3) is 11.2 Å². The second kappa shape index (κ2) is 6.73. The van der Waals surface area contributed by atoms with Crippen molar-refractivity contribution in [3.8, 4) is 5.75 Å². The van der Waals surface area contributed by atoms with Crippen LogP contribution in [0.1, 0.15) is 5.56 Å². The molecule has 0 spiro atoms. The molecule has 1 N–H and O–H groups in total. The predicted octanol–water partition coefficient (Wildman–Crippen LogP) is 1.71. The summed E-state index contributed by atoms with van der Waals surface area (Å²) in [6, 6.07) is 7.84. The molecule has 8 heteroatoms. The van der Waals surface area contributed by atoms with E-state index in [-0.39, 0.29) is 17.8 Å². The number of hydrogen-bond acceptors (Lipinski definition) is 5. The molecule has 0 aliphatic heterocycles. The van der Waals surface area contributed by atoms with Crippen molar-refractivity contribution in [1.82, 2.24) is 4.57 Å². The fraction of sp³-hybridized carbons (Fsp3) is 0.200. The number of aromatic nitrogens is 1. The van der Waals surface area contributed by atoms with Crippen molar-refractivity contribution in [3.05, 3.63) is 62.6 Å². The molecule has 0 bridgehead atoms. The molecule has 0 aliphatic carbocycles. The van der Waals surface area contributed by atoms with Gasteiger partial charge in [0.2, 0.25) is 5.91 Å². The molecule has 2 rings (SSSR count). The molecule has 120 valence electrons. The number of aryl methyl sites for hydroxylation is 1. The van der Waals surface area contributed by atoms with Gasteiger partial charge in [0, 0.05) is 17.3 Å². The van der Waals surface area contributed by atoms with E-state index in [2.05, 4.69) is 5.32 Å². The number of carbonyl (C=O) groups is 1. The van der Waals surface area contributed by atoms with Crippen LogP contribution in [-0.2, 0) is 11.3 Å². The predicted molar refractivity (Wildman–Crippen MR) is 83.7 cm³/mol. The minimum atomic E-state index is -0.607. The van der Waals surface area contributed by atoms with Gasteiger partial charge in [-0.1, -0.05) is 0 Å². The van der Waals surface area contributed by atoms with Crippen LogP contribution in [0.2, 0.25) is 0 Å². The van der Waals surface area contributed by atoms with Gasteiger partial charge in [-0.05, 0) is 31.2 Å². The van der Waals surface area contributed by atoms with Gasteiger partial charge >= 0.3 is 0 Å². The van der Waals surface area contributed by atoms with E-state index in [4.69, 9.17) is 4.74 Å². The number of ether oxygens (including phenoxy) is 1. The Morgan fingerprint density at radius 3 is 2.57 bits per heavy atom. The van der Waals surface area contributed by atoms with Gasteiger partial charge in [-0.3, -0.25) is 24.3 Å². The van der Waals surface area contributed by atoms with Crippen molar-refractivity contribution in [2.45, 2.75) is 13.5 Å². The number of pyridine rings is 1. The highest BCUT2D eigenvalue weighted by Gasteiger charge is 2.13. The summed E-state index contributed by atoms with van der Waals surface area (Å²) in [5.41, 5.74) is 0.0577. The Balaban J connectivity index is 2.16. The molecule has 1 amide bonds. The van der Waals surface area contributed by atoms with Crippen LogP contribution in [0.15, 0.2) is 41.3 Å². The first kappa shape index (κ1) is 16.2. The number of benzene rings is 1. The van der Waals surface area contributed by atoms with Crippen molar-refractivity contribution in [1.29, 1.82) is 0 Å². The largest absolute Gasteiger partial charge is 0.497 e. The van der Waals surface area contributed by atoms with E-state index < -0.39 is 16.4 Å². The first-order valence-corrected chi connectivity index (χ1v) is 6.70. The van der Waals surface area contributed by atoms with E-state index in [1.807, 2.05) is 0 Å². The Hall–Kier alpha value is -3.16. The van der Waals surface area contributed by atoms with Gasteiger partial charge in [-0.2, -0.15) is 0 Å². The van der Waals surface area contributed by atoms with E-state index in [9.17, 15) is 19.7 Å². The van der Waals surface area contributed by atoms with Crippen LogP contribution in [0.3, 0.4) is 0 Å². The molecule has 8 nitrogen and oxygen atoms in total. The highest BCUT2D eigenvalue weighted by atomic mass is 16.6. The summed E-state index contributed by atoms with van der Waals surface area (Å²) in [6.07, 6.45) is 1.06. The monoisotopic (exact) mass is 317 g/mol. The Morgan fingerprint density at radius 2 is 2.00 bits per heavy atom. The van der Waals surface area contributed by atoms with Crippen LogP contribution in [0, 0.1) is 17.0 Å². The normalized spacial score (nSPS) is 10.2. The number of rotatable bonds is 5. The minimum absolute atomic E-state index is 0.205. The molecular formula is C15H15N3O5. The molecule has 1 aromatic heterocycles. The first-order chi connectivity index (χ1) is 10.9. The summed E-state index contributed by atoms with van der Waals surface area (Å²) in [4.78, 5) is 34.2. The van der Waals surface area contributed by atoms with E-state index in [0.29, 0.717) is 11.4 Å². The number of nitro groups is 1. The third-order valence-electron chi connectivity index (χ3n) is 3.15. The number of nitrogens with zero attached hydrogens (tertiary/aromatic N) is 2. The van der Waals surface area contributed by atoms with Crippen LogP contribution < -0.4 is 15.6 Å². The minimum Gasteiger partial charge on any atom is -0.497 e. The molecule has 0 radical (unpaired) electrons. The molecule has 0 saturated carbocycles. The van der Waals surface area contributed by atoms with Crippen molar-refractivity contribution in [2.24, 2.45) is 0 Å². The third kappa shape index (κ3) is 3.94. The standard InChI is InChI=1S/C15H15N3O5/c1-10-7-12(18(21)22)8-17(15(10)20)9-14(19)16-11-3-5-13(23-2)6-4-11/h3-8H,9H2,1-2H3,(H,16,19). The quantitative estimate of drug-likeness (QED) is 0.668. The molecule has 0 atom stereocenters. The maximum Gasteiger partial charge on any atom is 0.286 e. The summed E-state index contributed by atoms with van der Waals surface area (Å²) in [5, 5.41) is 13.4. The maximum absolute atomic E-state index is 12.0. The number of amides is 1. The average molecular weight is 317 g/mol. The second-order valence-electron chi connectivity index (χ2n) is 4.85. The highest BCUT2D eigenvalue weighted by Crippen LogP contribution is 2.15.